The van der Waals surface area contributed by atoms with E-state index in [-0.39, 0.29) is 12.1 Å². The Bertz CT molecular complexity index is 691. The number of imidazole rings is 1. The minimum atomic E-state index is -0.283. The number of aliphatic hydroxyl groups excluding tert-OH is 1. The van der Waals surface area contributed by atoms with Crippen molar-refractivity contribution < 1.29 is 9.84 Å². The molecule has 1 aliphatic heterocycles. The molecule has 0 amide bonds. The summed E-state index contributed by atoms with van der Waals surface area (Å²) in [5.41, 5.74) is 3.18. The minimum Gasteiger partial charge on any atom is -0.481 e. The third kappa shape index (κ3) is 2.53. The fourth-order valence-corrected chi connectivity index (χ4v) is 4.10. The van der Waals surface area contributed by atoms with Crippen LogP contribution in [0.2, 0.25) is 0 Å². The zero-order chi connectivity index (χ0) is 15.8. The first-order valence-corrected chi connectivity index (χ1v) is 8.53. The second kappa shape index (κ2) is 5.96. The summed E-state index contributed by atoms with van der Waals surface area (Å²) < 4.78 is 7.43. The van der Waals surface area contributed by atoms with Gasteiger partial charge in [0.15, 0.2) is 0 Å². The summed E-state index contributed by atoms with van der Waals surface area (Å²) in [5, 5.41) is 10.8. The molecule has 2 aliphatic rings. The second-order valence-electron chi connectivity index (χ2n) is 6.69. The van der Waals surface area contributed by atoms with Gasteiger partial charge in [-0.05, 0) is 24.8 Å². The van der Waals surface area contributed by atoms with Crippen LogP contribution in [-0.4, -0.2) is 32.9 Å². The van der Waals surface area contributed by atoms with Crippen LogP contribution in [0.3, 0.4) is 0 Å². The van der Waals surface area contributed by atoms with E-state index >= 15 is 0 Å². The van der Waals surface area contributed by atoms with Crippen molar-refractivity contribution >= 4 is 0 Å². The molecule has 2 aromatic rings. The topological polar surface area (TPSA) is 60.2 Å². The van der Waals surface area contributed by atoms with E-state index in [9.17, 15) is 5.11 Å². The summed E-state index contributed by atoms with van der Waals surface area (Å²) in [6, 6.07) is 3.98. The monoisotopic (exact) mass is 313 g/mol. The molecule has 3 heterocycles. The predicted octanol–water partition coefficient (Wildman–Crippen LogP) is 3.19. The number of hydrogen-bond acceptors (Lipinski definition) is 4. The van der Waals surface area contributed by atoms with Gasteiger partial charge in [-0.15, -0.1) is 0 Å². The number of aromatic nitrogens is 3. The van der Waals surface area contributed by atoms with Crippen molar-refractivity contribution in [2.45, 2.75) is 50.7 Å². The number of rotatable bonds is 4. The molecule has 1 N–H and O–H groups in total. The summed E-state index contributed by atoms with van der Waals surface area (Å²) in [6.07, 6.45) is 10.2. The van der Waals surface area contributed by atoms with E-state index in [1.807, 2.05) is 24.7 Å². The molecule has 0 saturated heterocycles. The van der Waals surface area contributed by atoms with E-state index in [4.69, 9.17) is 4.74 Å². The van der Waals surface area contributed by atoms with Gasteiger partial charge in [-0.2, -0.15) is 0 Å². The first kappa shape index (κ1) is 14.7. The number of nitrogens with zero attached hydrogens (tertiary/aromatic N) is 3. The summed E-state index contributed by atoms with van der Waals surface area (Å²) in [6.45, 7) is 0. The molecule has 0 aromatic carbocycles. The van der Waals surface area contributed by atoms with Crippen LogP contribution in [0.25, 0.3) is 11.3 Å². The minimum absolute atomic E-state index is 0.0505. The zero-order valence-electron chi connectivity index (χ0n) is 13.5. The summed E-state index contributed by atoms with van der Waals surface area (Å²) >= 11 is 0. The largest absolute Gasteiger partial charge is 0.481 e. The molecule has 23 heavy (non-hydrogen) atoms. The van der Waals surface area contributed by atoms with Crippen molar-refractivity contribution in [1.29, 1.82) is 0 Å². The maximum Gasteiger partial charge on any atom is 0.213 e. The van der Waals surface area contributed by atoms with Gasteiger partial charge in [0, 0.05) is 18.1 Å². The molecule has 1 fully saturated rings. The smallest absolute Gasteiger partial charge is 0.213 e. The van der Waals surface area contributed by atoms with Crippen LogP contribution in [0.1, 0.15) is 50.3 Å². The summed E-state index contributed by atoms with van der Waals surface area (Å²) in [5.74, 6) is 1.05. The average Bonchev–Trinajstić information content (AvgIpc) is 3.18. The van der Waals surface area contributed by atoms with Gasteiger partial charge in [-0.1, -0.05) is 19.3 Å². The Balaban J connectivity index is 1.63. The van der Waals surface area contributed by atoms with Gasteiger partial charge in [0.05, 0.1) is 43.2 Å². The second-order valence-corrected chi connectivity index (χ2v) is 6.69. The van der Waals surface area contributed by atoms with Crippen molar-refractivity contribution in [2.75, 3.05) is 7.11 Å². The molecule has 1 saturated carbocycles. The number of hydrogen-bond donors (Lipinski definition) is 1. The Morgan fingerprint density at radius 1 is 1.30 bits per heavy atom. The Hall–Kier alpha value is -1.88. The van der Waals surface area contributed by atoms with Crippen LogP contribution >= 0.6 is 0 Å². The zero-order valence-corrected chi connectivity index (χ0v) is 13.5. The quantitative estimate of drug-likeness (QED) is 0.941. The van der Waals surface area contributed by atoms with Crippen molar-refractivity contribution in [3.8, 4) is 17.1 Å². The molecule has 5 nitrogen and oxygen atoms in total. The van der Waals surface area contributed by atoms with Gasteiger partial charge in [0.25, 0.3) is 0 Å². The van der Waals surface area contributed by atoms with Gasteiger partial charge in [-0.25, -0.2) is 9.97 Å². The molecule has 4 rings (SSSR count). The van der Waals surface area contributed by atoms with E-state index in [1.54, 1.807) is 7.11 Å². The molecule has 2 unspecified atom stereocenters. The molecular weight excluding hydrogens is 290 g/mol. The molecule has 5 heteroatoms. The lowest BCUT2D eigenvalue weighted by Gasteiger charge is -2.28. The van der Waals surface area contributed by atoms with Gasteiger partial charge < -0.3 is 14.4 Å². The first-order valence-electron chi connectivity index (χ1n) is 8.53. The van der Waals surface area contributed by atoms with Crippen molar-refractivity contribution in [3.05, 3.63) is 30.4 Å². The number of pyridine rings is 1. The lowest BCUT2D eigenvalue weighted by Crippen LogP contribution is -2.26. The summed E-state index contributed by atoms with van der Waals surface area (Å²) in [7, 11) is 1.64. The highest BCUT2D eigenvalue weighted by atomic mass is 16.5. The van der Waals surface area contributed by atoms with Crippen LogP contribution in [0, 0.1) is 5.92 Å². The van der Waals surface area contributed by atoms with Crippen molar-refractivity contribution in [3.63, 3.8) is 0 Å². The number of aliphatic hydroxyl groups is 1. The lowest BCUT2D eigenvalue weighted by molar-refractivity contribution is 0.0682. The van der Waals surface area contributed by atoms with Crippen molar-refractivity contribution in [2.24, 2.45) is 5.92 Å². The van der Waals surface area contributed by atoms with E-state index in [1.165, 1.54) is 19.3 Å². The SMILES string of the molecule is COc1ccc2c(n1)C(CC(O)C1CCCCC1)n1cncc1-2. The Morgan fingerprint density at radius 3 is 2.91 bits per heavy atom. The lowest BCUT2D eigenvalue weighted by atomic mass is 9.83. The molecule has 0 bridgehead atoms. The Kier molecular flexibility index (Phi) is 3.81. The average molecular weight is 313 g/mol. The van der Waals surface area contributed by atoms with Crippen LogP contribution in [-0.2, 0) is 0 Å². The molecular formula is C18H23N3O2. The molecule has 0 radical (unpaired) electrons. The molecule has 2 atom stereocenters. The fourth-order valence-electron chi connectivity index (χ4n) is 4.10. The highest BCUT2D eigenvalue weighted by Crippen LogP contribution is 2.42. The maximum absolute atomic E-state index is 10.8. The molecule has 0 spiro atoms. The van der Waals surface area contributed by atoms with Gasteiger partial charge in [0.1, 0.15) is 0 Å². The molecule has 122 valence electrons. The molecule has 1 aliphatic carbocycles. The number of methoxy groups -OCH3 is 1. The highest BCUT2D eigenvalue weighted by Gasteiger charge is 2.34. The normalized spacial score (nSPS) is 21.7. The Morgan fingerprint density at radius 2 is 2.13 bits per heavy atom. The number of fused-ring (bicyclic) bond motifs is 3. The van der Waals surface area contributed by atoms with Crippen LogP contribution in [0.5, 0.6) is 5.88 Å². The number of ether oxygens (including phenoxy) is 1. The Labute approximate surface area is 136 Å². The van der Waals surface area contributed by atoms with E-state index in [0.29, 0.717) is 18.2 Å². The predicted molar refractivity (Wildman–Crippen MR) is 87.3 cm³/mol. The van der Waals surface area contributed by atoms with E-state index in [2.05, 4.69) is 14.5 Å². The summed E-state index contributed by atoms with van der Waals surface area (Å²) in [4.78, 5) is 8.93. The fraction of sp³-hybridized carbons (Fsp3) is 0.556. The van der Waals surface area contributed by atoms with Crippen molar-refractivity contribution in [1.82, 2.24) is 14.5 Å². The van der Waals surface area contributed by atoms with E-state index in [0.717, 1.165) is 29.8 Å². The third-order valence-electron chi connectivity index (χ3n) is 5.36. The van der Waals surface area contributed by atoms with Gasteiger partial charge >= 0.3 is 0 Å². The maximum atomic E-state index is 10.8. The standard InChI is InChI=1S/C18H23N3O2/c1-23-17-8-7-13-15-10-19-11-21(15)14(18(13)20-17)9-16(22)12-5-3-2-4-6-12/h7-8,10-12,14,16,22H,2-6,9H2,1H3. The molecule has 2 aromatic heterocycles. The van der Waals surface area contributed by atoms with Crippen LogP contribution in [0.15, 0.2) is 24.7 Å². The highest BCUT2D eigenvalue weighted by molar-refractivity contribution is 5.67. The van der Waals surface area contributed by atoms with Gasteiger partial charge in [0.2, 0.25) is 5.88 Å². The van der Waals surface area contributed by atoms with Gasteiger partial charge in [-0.3, -0.25) is 0 Å². The third-order valence-corrected chi connectivity index (χ3v) is 5.36. The van der Waals surface area contributed by atoms with Crippen LogP contribution < -0.4 is 4.74 Å². The van der Waals surface area contributed by atoms with E-state index < -0.39 is 0 Å². The van der Waals surface area contributed by atoms with Crippen LogP contribution in [0.4, 0.5) is 0 Å². The first-order chi connectivity index (χ1) is 11.3.